The van der Waals surface area contributed by atoms with E-state index in [0.717, 1.165) is 88.2 Å². The number of benzene rings is 10. The maximum absolute atomic E-state index is 7.12. The fourth-order valence-electron chi connectivity index (χ4n) is 10.8. The topological polar surface area (TPSA) is 59.8 Å². The van der Waals surface area contributed by atoms with Crippen molar-refractivity contribution in [3.05, 3.63) is 211 Å². The van der Waals surface area contributed by atoms with Crippen LogP contribution in [0.15, 0.2) is 215 Å². The lowest BCUT2D eigenvalue weighted by molar-refractivity contribution is 0.670. The summed E-state index contributed by atoms with van der Waals surface area (Å²) in [5, 5.41) is 17.8. The summed E-state index contributed by atoms with van der Waals surface area (Å²) < 4.78 is 14.2. The molecule has 0 bridgehead atoms. The Morgan fingerprint density at radius 1 is 0.470 bits per heavy atom. The van der Waals surface area contributed by atoms with Crippen LogP contribution in [0.2, 0.25) is 0 Å². The Balaban J connectivity index is 1.06. The van der Waals surface area contributed by atoms with E-state index in [-0.39, 0.29) is 0 Å². The molecule has 5 heterocycles. The van der Waals surface area contributed by atoms with E-state index in [1.54, 1.807) is 0 Å². The predicted molar refractivity (Wildman–Crippen MR) is 277 cm³/mol. The van der Waals surface area contributed by atoms with Gasteiger partial charge in [0.05, 0.1) is 27.8 Å². The van der Waals surface area contributed by atoms with E-state index in [0.29, 0.717) is 5.96 Å². The number of rotatable bonds is 3. The first kappa shape index (κ1) is 35.9. The third-order valence-electron chi connectivity index (χ3n) is 13.7. The Bertz CT molecular complexity index is 4410. The van der Waals surface area contributed by atoms with Gasteiger partial charge in [0, 0.05) is 75.1 Å². The second kappa shape index (κ2) is 13.5. The lowest BCUT2D eigenvalue weighted by atomic mass is 10.0. The summed E-state index contributed by atoms with van der Waals surface area (Å²) in [6.45, 7) is 0. The SMILES string of the molecule is c1ccc2cc3c(cc2c1)c1ccccc1n3-c1cc(C2=NC(n3c4ccccc4c4ccccc43)=NC(c3cccc4c3sc3ccccc34)N2)c2c(c1)oc1c3ccccc3ccc12. The summed E-state index contributed by atoms with van der Waals surface area (Å²) >= 11 is 1.82. The Morgan fingerprint density at radius 3 is 1.86 bits per heavy atom. The number of para-hydroxylation sites is 3. The molecule has 308 valence electrons. The average molecular weight is 862 g/mol. The molecule has 0 amide bonds. The maximum atomic E-state index is 7.12. The Morgan fingerprint density at radius 2 is 1.09 bits per heavy atom. The summed E-state index contributed by atoms with van der Waals surface area (Å²) in [6, 6.07) is 71.9. The highest BCUT2D eigenvalue weighted by atomic mass is 32.1. The van der Waals surface area contributed by atoms with Gasteiger partial charge in [-0.15, -0.1) is 11.3 Å². The Labute approximate surface area is 380 Å². The smallest absolute Gasteiger partial charge is 0.234 e. The molecule has 0 radical (unpaired) electrons. The van der Waals surface area contributed by atoms with E-state index in [4.69, 9.17) is 14.4 Å². The van der Waals surface area contributed by atoms with Crippen LogP contribution in [0, 0.1) is 0 Å². The predicted octanol–water partition coefficient (Wildman–Crippen LogP) is 15.4. The molecule has 1 unspecified atom stereocenters. The minimum Gasteiger partial charge on any atom is -0.455 e. The van der Waals surface area contributed by atoms with Crippen LogP contribution in [0.25, 0.3) is 113 Å². The Hall–Kier alpha value is -8.52. The van der Waals surface area contributed by atoms with Gasteiger partial charge in [-0.2, -0.15) is 4.99 Å². The third-order valence-corrected chi connectivity index (χ3v) is 15.0. The molecule has 10 aromatic carbocycles. The van der Waals surface area contributed by atoms with Gasteiger partial charge in [-0.3, -0.25) is 4.57 Å². The number of hydrogen-bond acceptors (Lipinski definition) is 5. The van der Waals surface area contributed by atoms with Gasteiger partial charge >= 0.3 is 0 Å². The number of aliphatic imine (C=N–C) groups is 2. The molecule has 1 aliphatic rings. The van der Waals surface area contributed by atoms with Crippen LogP contribution in [0.5, 0.6) is 0 Å². The molecule has 7 heteroatoms. The monoisotopic (exact) mass is 861 g/mol. The Kier molecular flexibility index (Phi) is 7.34. The van der Waals surface area contributed by atoms with Gasteiger partial charge in [0.1, 0.15) is 17.0 Å². The summed E-state index contributed by atoms with van der Waals surface area (Å²) in [7, 11) is 0. The molecule has 0 fully saturated rings. The number of nitrogens with one attached hydrogen (secondary N) is 1. The molecule has 1 N–H and O–H groups in total. The third kappa shape index (κ3) is 5.06. The van der Waals surface area contributed by atoms with Crippen molar-refractivity contribution in [3.8, 4) is 5.69 Å². The van der Waals surface area contributed by atoms with Gasteiger partial charge in [0.15, 0.2) is 6.17 Å². The number of thiophene rings is 1. The number of furan rings is 1. The first-order valence-corrected chi connectivity index (χ1v) is 23.2. The minimum atomic E-state index is -0.471. The molecular formula is C59H35N5OS. The van der Waals surface area contributed by atoms with Gasteiger partial charge in [0.25, 0.3) is 0 Å². The van der Waals surface area contributed by atoms with Crippen LogP contribution in [0.4, 0.5) is 0 Å². The molecule has 14 aromatic rings. The van der Waals surface area contributed by atoms with E-state index in [2.05, 4.69) is 215 Å². The van der Waals surface area contributed by atoms with Crippen molar-refractivity contribution in [1.82, 2.24) is 14.5 Å². The van der Waals surface area contributed by atoms with Crippen molar-refractivity contribution in [2.75, 3.05) is 0 Å². The van der Waals surface area contributed by atoms with E-state index >= 15 is 0 Å². The normalized spacial score (nSPS) is 14.5. The van der Waals surface area contributed by atoms with Crippen molar-refractivity contribution in [2.45, 2.75) is 6.17 Å². The molecule has 1 aliphatic heterocycles. The van der Waals surface area contributed by atoms with Gasteiger partial charge in [-0.25, -0.2) is 4.99 Å². The molecular weight excluding hydrogens is 827 g/mol. The highest BCUT2D eigenvalue weighted by Crippen LogP contribution is 2.43. The van der Waals surface area contributed by atoms with Crippen LogP contribution < -0.4 is 5.32 Å². The molecule has 66 heavy (non-hydrogen) atoms. The van der Waals surface area contributed by atoms with Crippen LogP contribution in [0.1, 0.15) is 17.3 Å². The van der Waals surface area contributed by atoms with Crippen molar-refractivity contribution < 1.29 is 4.42 Å². The van der Waals surface area contributed by atoms with Gasteiger partial charge < -0.3 is 14.3 Å². The van der Waals surface area contributed by atoms with E-state index in [1.165, 1.54) is 41.7 Å². The standard InChI is InChI=1S/C59H35N5OS/c1-2-16-36-31-51-46(30-35(36)15-1)41-20-7-9-24-48(41)63(51)37-32-47(54-44-29-28-34-14-3-4-17-38(34)55(44)65-52(54)33-37)58-60-57(45-23-13-22-43-42-21-8-12-27-53(42)66-56(43)45)61-59(62-58)64-49-25-10-5-18-39(49)40-19-6-11-26-50(40)64/h1-33,57H,(H,60,61,62). The summed E-state index contributed by atoms with van der Waals surface area (Å²) in [6.07, 6.45) is -0.471. The van der Waals surface area contributed by atoms with Crippen LogP contribution in [-0.2, 0) is 0 Å². The quantitative estimate of drug-likeness (QED) is 0.192. The zero-order valence-corrected chi connectivity index (χ0v) is 36.1. The summed E-state index contributed by atoms with van der Waals surface area (Å²) in [5.74, 6) is 1.34. The molecule has 0 saturated carbocycles. The van der Waals surface area contributed by atoms with Crippen molar-refractivity contribution in [3.63, 3.8) is 0 Å². The fourth-order valence-corrected chi connectivity index (χ4v) is 12.1. The molecule has 15 rings (SSSR count). The maximum Gasteiger partial charge on any atom is 0.234 e. The van der Waals surface area contributed by atoms with Crippen molar-refractivity contribution >= 4 is 130 Å². The second-order valence-electron chi connectivity index (χ2n) is 17.3. The van der Waals surface area contributed by atoms with Crippen molar-refractivity contribution in [1.29, 1.82) is 0 Å². The van der Waals surface area contributed by atoms with Gasteiger partial charge in [0.2, 0.25) is 5.96 Å². The summed E-state index contributed by atoms with van der Waals surface area (Å²) in [4.78, 5) is 11.3. The number of hydrogen-bond donors (Lipinski definition) is 1. The van der Waals surface area contributed by atoms with E-state index < -0.39 is 6.17 Å². The fraction of sp³-hybridized carbons (Fsp3) is 0.0169. The van der Waals surface area contributed by atoms with Crippen LogP contribution in [0.3, 0.4) is 0 Å². The zero-order valence-electron chi connectivity index (χ0n) is 35.2. The first-order chi connectivity index (χ1) is 32.7. The number of aromatic nitrogens is 2. The second-order valence-corrected chi connectivity index (χ2v) is 18.4. The van der Waals surface area contributed by atoms with E-state index in [1.807, 2.05) is 11.3 Å². The lowest BCUT2D eigenvalue weighted by Crippen LogP contribution is -2.35. The first-order valence-electron chi connectivity index (χ1n) is 22.3. The van der Waals surface area contributed by atoms with Crippen LogP contribution in [-0.4, -0.2) is 20.9 Å². The van der Waals surface area contributed by atoms with Gasteiger partial charge in [-0.05, 0) is 64.7 Å². The highest BCUT2D eigenvalue weighted by Gasteiger charge is 2.29. The average Bonchev–Trinajstić information content (AvgIpc) is 4.13. The molecule has 0 spiro atoms. The molecule has 1 atom stereocenters. The molecule has 6 nitrogen and oxygen atoms in total. The highest BCUT2D eigenvalue weighted by molar-refractivity contribution is 7.26. The minimum absolute atomic E-state index is 0.471. The molecule has 4 aromatic heterocycles. The zero-order chi connectivity index (χ0) is 43.0. The van der Waals surface area contributed by atoms with Crippen LogP contribution >= 0.6 is 11.3 Å². The van der Waals surface area contributed by atoms with Crippen molar-refractivity contribution in [2.24, 2.45) is 9.98 Å². The summed E-state index contributed by atoms with van der Waals surface area (Å²) in [5.41, 5.74) is 9.01. The number of nitrogens with zero attached hydrogens (tertiary/aromatic N) is 4. The van der Waals surface area contributed by atoms with E-state index in [9.17, 15) is 0 Å². The molecule has 0 aliphatic carbocycles. The largest absolute Gasteiger partial charge is 0.455 e. The molecule has 0 saturated heterocycles. The van der Waals surface area contributed by atoms with Gasteiger partial charge in [-0.1, -0.05) is 146 Å². The number of fused-ring (bicyclic) bond motifs is 15. The number of amidine groups is 1. The lowest BCUT2D eigenvalue weighted by Gasteiger charge is -2.25.